The van der Waals surface area contributed by atoms with Crippen molar-refractivity contribution in [1.29, 1.82) is 0 Å². The molecule has 0 fully saturated rings. The third-order valence-electron chi connectivity index (χ3n) is 2.38. The molecule has 1 aromatic carbocycles. The summed E-state index contributed by atoms with van der Waals surface area (Å²) in [4.78, 5) is 23.1. The van der Waals surface area contributed by atoms with Crippen LogP contribution in [0.1, 0.15) is 22.8 Å². The van der Waals surface area contributed by atoms with Crippen LogP contribution in [0.15, 0.2) is 23.1 Å². The van der Waals surface area contributed by atoms with Crippen molar-refractivity contribution in [3.05, 3.63) is 29.3 Å². The van der Waals surface area contributed by atoms with Gasteiger partial charge in [-0.05, 0) is 36.4 Å². The number of rotatable bonds is 6. The van der Waals surface area contributed by atoms with Gasteiger partial charge in [0.25, 0.3) is 0 Å². The monoisotopic (exact) mass is 340 g/mol. The lowest BCUT2D eigenvalue weighted by Gasteiger charge is -2.14. The van der Waals surface area contributed by atoms with Crippen molar-refractivity contribution in [2.45, 2.75) is 23.7 Å². The van der Waals surface area contributed by atoms with E-state index in [2.05, 4.69) is 0 Å². The predicted molar refractivity (Wildman–Crippen MR) is 73.7 cm³/mol. The van der Waals surface area contributed by atoms with Crippen LogP contribution in [-0.4, -0.2) is 29.7 Å². The standard InChI is InChI=1S/C13H12ClF3O3S/c1-2-20-12(19)9-4-3-5-11(21-13(15,16)17)10(9)6-8(18)7-14/h3-5H,2,6-7H2,1H3. The van der Waals surface area contributed by atoms with Crippen molar-refractivity contribution in [2.24, 2.45) is 0 Å². The van der Waals surface area contributed by atoms with E-state index in [1.165, 1.54) is 18.2 Å². The number of Topliss-reactive ketones (excluding diaryl/α,β-unsaturated/α-hetero) is 1. The van der Waals surface area contributed by atoms with E-state index in [-0.39, 0.29) is 46.7 Å². The molecule has 0 amide bonds. The van der Waals surface area contributed by atoms with Gasteiger partial charge in [0.05, 0.1) is 18.1 Å². The highest BCUT2D eigenvalue weighted by Crippen LogP contribution is 2.39. The Morgan fingerprint density at radius 3 is 2.52 bits per heavy atom. The summed E-state index contributed by atoms with van der Waals surface area (Å²) in [7, 11) is 0. The van der Waals surface area contributed by atoms with Gasteiger partial charge in [-0.2, -0.15) is 13.2 Å². The molecular weight excluding hydrogens is 329 g/mol. The van der Waals surface area contributed by atoms with Gasteiger partial charge in [-0.25, -0.2) is 4.79 Å². The number of carbonyl (C=O) groups is 2. The van der Waals surface area contributed by atoms with Crippen LogP contribution in [0.25, 0.3) is 0 Å². The van der Waals surface area contributed by atoms with Gasteiger partial charge in [0.2, 0.25) is 0 Å². The van der Waals surface area contributed by atoms with Crippen LogP contribution in [-0.2, 0) is 16.0 Å². The van der Waals surface area contributed by atoms with Gasteiger partial charge < -0.3 is 4.74 Å². The predicted octanol–water partition coefficient (Wildman–Crippen LogP) is 3.83. The molecule has 0 aliphatic heterocycles. The van der Waals surface area contributed by atoms with Crippen molar-refractivity contribution in [2.75, 3.05) is 12.5 Å². The van der Waals surface area contributed by atoms with Crippen molar-refractivity contribution < 1.29 is 27.5 Å². The van der Waals surface area contributed by atoms with E-state index in [0.717, 1.165) is 0 Å². The fourth-order valence-corrected chi connectivity index (χ4v) is 2.41. The lowest BCUT2D eigenvalue weighted by atomic mass is 10.0. The van der Waals surface area contributed by atoms with Gasteiger partial charge in [0, 0.05) is 11.3 Å². The van der Waals surface area contributed by atoms with Crippen molar-refractivity contribution in [1.82, 2.24) is 0 Å². The number of ether oxygens (including phenoxy) is 1. The first-order valence-electron chi connectivity index (χ1n) is 5.91. The molecule has 0 aliphatic rings. The molecule has 21 heavy (non-hydrogen) atoms. The van der Waals surface area contributed by atoms with E-state index < -0.39 is 17.3 Å². The third kappa shape index (κ3) is 5.59. The van der Waals surface area contributed by atoms with Crippen LogP contribution in [0.4, 0.5) is 13.2 Å². The molecule has 0 aromatic heterocycles. The molecule has 0 spiro atoms. The van der Waals surface area contributed by atoms with Crippen LogP contribution in [0.3, 0.4) is 0 Å². The molecule has 0 bridgehead atoms. The molecule has 0 heterocycles. The summed E-state index contributed by atoms with van der Waals surface area (Å²) in [6.07, 6.45) is -0.350. The van der Waals surface area contributed by atoms with Crippen LogP contribution < -0.4 is 0 Å². The lowest BCUT2D eigenvalue weighted by molar-refractivity contribution is -0.116. The van der Waals surface area contributed by atoms with Crippen LogP contribution in [0.5, 0.6) is 0 Å². The minimum Gasteiger partial charge on any atom is -0.462 e. The fraction of sp³-hybridized carbons (Fsp3) is 0.385. The average molecular weight is 341 g/mol. The number of ketones is 1. The van der Waals surface area contributed by atoms with Gasteiger partial charge in [0.15, 0.2) is 5.78 Å². The first kappa shape index (κ1) is 17.8. The minimum absolute atomic E-state index is 0.0103. The van der Waals surface area contributed by atoms with Gasteiger partial charge in [-0.1, -0.05) is 6.07 Å². The molecular formula is C13H12ClF3O3S. The second-order valence-corrected chi connectivity index (χ2v) is 5.27. The quantitative estimate of drug-likeness (QED) is 0.448. The normalized spacial score (nSPS) is 11.3. The third-order valence-corrected chi connectivity index (χ3v) is 3.51. The topological polar surface area (TPSA) is 43.4 Å². The van der Waals surface area contributed by atoms with Crippen molar-refractivity contribution in [3.8, 4) is 0 Å². The number of benzene rings is 1. The van der Waals surface area contributed by atoms with Crippen molar-refractivity contribution in [3.63, 3.8) is 0 Å². The second-order valence-electron chi connectivity index (χ2n) is 3.90. The largest absolute Gasteiger partial charge is 0.462 e. The van der Waals surface area contributed by atoms with Crippen LogP contribution in [0, 0.1) is 0 Å². The molecule has 1 rings (SSSR count). The Morgan fingerprint density at radius 1 is 1.33 bits per heavy atom. The number of hydrogen-bond donors (Lipinski definition) is 0. The SMILES string of the molecule is CCOC(=O)c1cccc(SC(F)(F)F)c1CC(=O)CCl. The molecule has 0 aliphatic carbocycles. The summed E-state index contributed by atoms with van der Waals surface area (Å²) in [5, 5.41) is 0. The summed E-state index contributed by atoms with van der Waals surface area (Å²) >= 11 is 5.01. The maximum atomic E-state index is 12.6. The maximum Gasteiger partial charge on any atom is 0.446 e. The number of halogens is 4. The van der Waals surface area contributed by atoms with Crippen molar-refractivity contribution >= 4 is 35.1 Å². The molecule has 0 atom stereocenters. The first-order chi connectivity index (χ1) is 9.78. The highest BCUT2D eigenvalue weighted by molar-refractivity contribution is 8.00. The zero-order chi connectivity index (χ0) is 16.0. The average Bonchev–Trinajstić information content (AvgIpc) is 2.39. The minimum atomic E-state index is -4.52. The van der Waals surface area contributed by atoms with Gasteiger partial charge in [-0.15, -0.1) is 11.6 Å². The van der Waals surface area contributed by atoms with E-state index in [1.54, 1.807) is 6.92 Å². The molecule has 0 unspecified atom stereocenters. The highest BCUT2D eigenvalue weighted by Gasteiger charge is 2.31. The molecule has 0 saturated carbocycles. The van der Waals surface area contributed by atoms with Gasteiger partial charge in [-0.3, -0.25) is 4.79 Å². The molecule has 116 valence electrons. The second kappa shape index (κ2) is 7.70. The lowest BCUT2D eigenvalue weighted by Crippen LogP contribution is -2.14. The zero-order valence-corrected chi connectivity index (χ0v) is 12.6. The summed E-state index contributed by atoms with van der Waals surface area (Å²) in [5.74, 6) is -1.58. The number of hydrogen-bond acceptors (Lipinski definition) is 4. The molecule has 0 saturated heterocycles. The van der Waals surface area contributed by atoms with Crippen LogP contribution in [0.2, 0.25) is 0 Å². The number of esters is 1. The Labute approximate surface area is 128 Å². The Kier molecular flexibility index (Phi) is 6.54. The smallest absolute Gasteiger partial charge is 0.446 e. The summed E-state index contributed by atoms with van der Waals surface area (Å²) < 4.78 is 42.5. The van der Waals surface area contributed by atoms with E-state index in [9.17, 15) is 22.8 Å². The first-order valence-corrected chi connectivity index (χ1v) is 7.26. The Balaban J connectivity index is 3.26. The molecule has 0 radical (unpaired) electrons. The maximum absolute atomic E-state index is 12.6. The number of thioether (sulfide) groups is 1. The molecule has 1 aromatic rings. The molecule has 8 heteroatoms. The summed E-state index contributed by atoms with van der Waals surface area (Å²) in [5.41, 5.74) is -4.58. The molecule has 3 nitrogen and oxygen atoms in total. The van der Waals surface area contributed by atoms with E-state index in [1.807, 2.05) is 0 Å². The Morgan fingerprint density at radius 2 is 2.00 bits per heavy atom. The van der Waals surface area contributed by atoms with E-state index in [0.29, 0.717) is 0 Å². The Hall–Kier alpha value is -1.21. The van der Waals surface area contributed by atoms with Gasteiger partial charge >= 0.3 is 11.5 Å². The van der Waals surface area contributed by atoms with Gasteiger partial charge in [0.1, 0.15) is 0 Å². The van der Waals surface area contributed by atoms with Crippen LogP contribution >= 0.6 is 23.4 Å². The fourth-order valence-electron chi connectivity index (χ4n) is 1.61. The molecule has 0 N–H and O–H groups in total. The zero-order valence-electron chi connectivity index (χ0n) is 11.0. The summed E-state index contributed by atoms with van der Waals surface area (Å²) in [6, 6.07) is 3.85. The highest BCUT2D eigenvalue weighted by atomic mass is 35.5. The summed E-state index contributed by atoms with van der Waals surface area (Å²) in [6.45, 7) is 1.66. The van der Waals surface area contributed by atoms with E-state index >= 15 is 0 Å². The Bertz CT molecular complexity index is 532. The van der Waals surface area contributed by atoms with E-state index in [4.69, 9.17) is 16.3 Å². The number of carbonyl (C=O) groups excluding carboxylic acids is 2. The number of alkyl halides is 4.